The van der Waals surface area contributed by atoms with Gasteiger partial charge in [-0.15, -0.1) is 0 Å². The van der Waals surface area contributed by atoms with Crippen molar-refractivity contribution in [1.82, 2.24) is 14.7 Å². The third-order valence-corrected chi connectivity index (χ3v) is 4.86. The topological polar surface area (TPSA) is 72.7 Å². The molecule has 1 amide bonds. The predicted octanol–water partition coefficient (Wildman–Crippen LogP) is 2.99. The van der Waals surface area contributed by atoms with E-state index in [0.29, 0.717) is 5.65 Å². The zero-order valence-corrected chi connectivity index (χ0v) is 15.1. The number of ether oxygens (including phenoxy) is 1. The van der Waals surface area contributed by atoms with E-state index >= 15 is 0 Å². The molecule has 1 aromatic carbocycles. The van der Waals surface area contributed by atoms with E-state index in [9.17, 15) is 9.59 Å². The van der Waals surface area contributed by atoms with Gasteiger partial charge in [-0.25, -0.2) is 9.78 Å². The highest BCUT2D eigenvalue weighted by Gasteiger charge is 2.22. The number of nitrogens with one attached hydrogen (secondary N) is 1. The van der Waals surface area contributed by atoms with E-state index in [1.165, 1.54) is 5.56 Å². The molecule has 1 N–H and O–H groups in total. The summed E-state index contributed by atoms with van der Waals surface area (Å²) in [6.45, 7) is 1.64. The van der Waals surface area contributed by atoms with Crippen molar-refractivity contribution in [2.45, 2.75) is 32.2 Å². The lowest BCUT2D eigenvalue weighted by Crippen LogP contribution is -2.34. The van der Waals surface area contributed by atoms with Gasteiger partial charge in [-0.1, -0.05) is 24.3 Å². The number of benzene rings is 1. The lowest BCUT2D eigenvalue weighted by molar-refractivity contribution is -0.125. The lowest BCUT2D eigenvalue weighted by atomic mass is 9.88. The highest BCUT2D eigenvalue weighted by atomic mass is 16.5. The first kappa shape index (κ1) is 17.3. The summed E-state index contributed by atoms with van der Waals surface area (Å²) >= 11 is 0. The maximum Gasteiger partial charge on any atom is 0.359 e. The monoisotopic (exact) mass is 363 g/mol. The third-order valence-electron chi connectivity index (χ3n) is 4.86. The highest BCUT2D eigenvalue weighted by molar-refractivity contribution is 5.90. The molecular weight excluding hydrogens is 342 g/mol. The number of hydrogen-bond acceptors (Lipinski definition) is 4. The fourth-order valence-corrected chi connectivity index (χ4v) is 3.53. The molecule has 1 aliphatic carbocycles. The molecular formula is C21H21N3O3. The second-order valence-electron chi connectivity index (χ2n) is 6.88. The lowest BCUT2D eigenvalue weighted by Gasteiger charge is -2.26. The van der Waals surface area contributed by atoms with Crippen molar-refractivity contribution in [3.8, 4) is 0 Å². The number of pyridine rings is 1. The van der Waals surface area contributed by atoms with Gasteiger partial charge in [-0.2, -0.15) is 0 Å². The summed E-state index contributed by atoms with van der Waals surface area (Å²) < 4.78 is 6.90. The fraction of sp³-hybridized carbons (Fsp3) is 0.286. The summed E-state index contributed by atoms with van der Waals surface area (Å²) in [6.07, 6.45) is 6.39. The minimum atomic E-state index is -0.601. The first-order valence-electron chi connectivity index (χ1n) is 9.10. The summed E-state index contributed by atoms with van der Waals surface area (Å²) in [4.78, 5) is 28.7. The van der Waals surface area contributed by atoms with Crippen LogP contribution in [0.15, 0.2) is 48.8 Å². The second-order valence-corrected chi connectivity index (χ2v) is 6.88. The van der Waals surface area contributed by atoms with Crippen LogP contribution in [0, 0.1) is 6.92 Å². The number of aromatic nitrogens is 2. The number of carbonyl (C=O) groups is 2. The Hall–Kier alpha value is -3.15. The molecule has 0 fully saturated rings. The van der Waals surface area contributed by atoms with Gasteiger partial charge >= 0.3 is 5.97 Å². The van der Waals surface area contributed by atoms with Crippen molar-refractivity contribution in [2.75, 3.05) is 6.61 Å². The van der Waals surface area contributed by atoms with Crippen molar-refractivity contribution in [3.05, 3.63) is 71.2 Å². The minimum absolute atomic E-state index is 0.0284. The van der Waals surface area contributed by atoms with Crippen molar-refractivity contribution in [1.29, 1.82) is 0 Å². The van der Waals surface area contributed by atoms with E-state index in [0.717, 1.165) is 30.4 Å². The maximum atomic E-state index is 12.3. The van der Waals surface area contributed by atoms with Crippen LogP contribution < -0.4 is 5.32 Å². The summed E-state index contributed by atoms with van der Waals surface area (Å²) in [7, 11) is 0. The summed E-state index contributed by atoms with van der Waals surface area (Å²) in [6, 6.07) is 11.9. The van der Waals surface area contributed by atoms with Crippen LogP contribution in [0.2, 0.25) is 0 Å². The van der Waals surface area contributed by atoms with E-state index in [1.54, 1.807) is 10.6 Å². The Bertz CT molecular complexity index is 1010. The summed E-state index contributed by atoms with van der Waals surface area (Å²) in [5.74, 6) is -0.903. The normalized spacial score (nSPS) is 16.0. The Balaban J connectivity index is 1.37. The van der Waals surface area contributed by atoms with Gasteiger partial charge in [0.05, 0.1) is 6.04 Å². The van der Waals surface area contributed by atoms with Crippen LogP contribution in [0.4, 0.5) is 0 Å². The Morgan fingerprint density at radius 2 is 2.15 bits per heavy atom. The van der Waals surface area contributed by atoms with Crippen molar-refractivity contribution >= 4 is 17.5 Å². The molecule has 138 valence electrons. The average Bonchev–Trinajstić information content (AvgIpc) is 3.09. The number of aryl methyl sites for hydroxylation is 2. The number of hydrogen-bond donors (Lipinski definition) is 1. The van der Waals surface area contributed by atoms with Gasteiger partial charge in [0.15, 0.2) is 12.3 Å². The largest absolute Gasteiger partial charge is 0.451 e. The molecule has 27 heavy (non-hydrogen) atoms. The molecule has 1 aliphatic rings. The number of fused-ring (bicyclic) bond motifs is 2. The fourth-order valence-electron chi connectivity index (χ4n) is 3.53. The zero-order valence-electron chi connectivity index (χ0n) is 15.1. The Morgan fingerprint density at radius 1 is 1.30 bits per heavy atom. The molecule has 0 saturated heterocycles. The molecule has 4 rings (SSSR count). The van der Waals surface area contributed by atoms with Crippen LogP contribution in [-0.2, 0) is 16.0 Å². The van der Waals surface area contributed by atoms with Gasteiger partial charge in [0.1, 0.15) is 5.65 Å². The van der Waals surface area contributed by atoms with Gasteiger partial charge in [0, 0.05) is 12.4 Å². The number of imidazole rings is 1. The first-order chi connectivity index (χ1) is 13.1. The molecule has 0 bridgehead atoms. The van der Waals surface area contributed by atoms with Crippen LogP contribution in [-0.4, -0.2) is 27.9 Å². The standard InChI is InChI=1S/C21H21N3O3/c1-14-9-10-24-12-18(22-19(24)11-14)21(26)27-13-20(25)23-17-8-4-6-15-5-2-3-7-16(15)17/h2-3,5,7,9-12,17H,4,6,8,13H2,1H3,(H,23,25). The molecule has 2 heterocycles. The SMILES string of the molecule is Cc1ccn2cc(C(=O)OCC(=O)NC3CCCc4ccccc43)nc2c1. The Labute approximate surface area is 157 Å². The Kier molecular flexibility index (Phi) is 4.62. The van der Waals surface area contributed by atoms with Gasteiger partial charge in [-0.05, 0) is 55.0 Å². The van der Waals surface area contributed by atoms with E-state index in [4.69, 9.17) is 4.74 Å². The average molecular weight is 363 g/mol. The third kappa shape index (κ3) is 3.69. The van der Waals surface area contributed by atoms with Crippen molar-refractivity contribution in [3.63, 3.8) is 0 Å². The summed E-state index contributed by atoms with van der Waals surface area (Å²) in [5.41, 5.74) is 4.34. The van der Waals surface area contributed by atoms with Crippen molar-refractivity contribution < 1.29 is 14.3 Å². The quantitative estimate of drug-likeness (QED) is 0.723. The van der Waals surface area contributed by atoms with Crippen LogP contribution >= 0.6 is 0 Å². The van der Waals surface area contributed by atoms with Crippen molar-refractivity contribution in [2.24, 2.45) is 0 Å². The highest BCUT2D eigenvalue weighted by Crippen LogP contribution is 2.29. The molecule has 0 aliphatic heterocycles. The number of rotatable bonds is 4. The zero-order chi connectivity index (χ0) is 18.8. The molecule has 0 radical (unpaired) electrons. The number of esters is 1. The van der Waals surface area contributed by atoms with Crippen LogP contribution in [0.1, 0.15) is 46.1 Å². The molecule has 3 aromatic rings. The van der Waals surface area contributed by atoms with E-state index in [-0.39, 0.29) is 24.2 Å². The van der Waals surface area contributed by atoms with E-state index in [2.05, 4.69) is 16.4 Å². The second kappa shape index (κ2) is 7.23. The smallest absolute Gasteiger partial charge is 0.359 e. The van der Waals surface area contributed by atoms with E-state index in [1.807, 2.05) is 43.5 Å². The van der Waals surface area contributed by atoms with Gasteiger partial charge in [0.2, 0.25) is 0 Å². The van der Waals surface area contributed by atoms with Gasteiger partial charge < -0.3 is 14.5 Å². The van der Waals surface area contributed by atoms with Crippen LogP contribution in [0.3, 0.4) is 0 Å². The van der Waals surface area contributed by atoms with Crippen LogP contribution in [0.25, 0.3) is 5.65 Å². The Morgan fingerprint density at radius 3 is 3.04 bits per heavy atom. The number of nitrogens with zero attached hydrogens (tertiary/aromatic N) is 2. The van der Waals surface area contributed by atoms with Gasteiger partial charge in [0.25, 0.3) is 5.91 Å². The minimum Gasteiger partial charge on any atom is -0.451 e. The summed E-state index contributed by atoms with van der Waals surface area (Å²) in [5, 5.41) is 2.97. The maximum absolute atomic E-state index is 12.3. The van der Waals surface area contributed by atoms with Gasteiger partial charge in [-0.3, -0.25) is 4.79 Å². The molecule has 1 atom stereocenters. The molecule has 1 unspecified atom stereocenters. The molecule has 0 spiro atoms. The van der Waals surface area contributed by atoms with Crippen LogP contribution in [0.5, 0.6) is 0 Å². The number of amides is 1. The molecule has 0 saturated carbocycles. The predicted molar refractivity (Wildman–Crippen MR) is 100 cm³/mol. The molecule has 6 nitrogen and oxygen atoms in total. The van der Waals surface area contributed by atoms with E-state index < -0.39 is 5.97 Å². The number of carbonyl (C=O) groups excluding carboxylic acids is 2. The molecule has 6 heteroatoms. The molecule has 2 aromatic heterocycles. The first-order valence-corrected chi connectivity index (χ1v) is 9.10.